The fourth-order valence-electron chi connectivity index (χ4n) is 3.78. The van der Waals surface area contributed by atoms with Crippen LogP contribution in [0.5, 0.6) is 0 Å². The summed E-state index contributed by atoms with van der Waals surface area (Å²) < 4.78 is 0. The van der Waals surface area contributed by atoms with Crippen LogP contribution in [-0.2, 0) is 0 Å². The first-order valence-electron chi connectivity index (χ1n) is 10.2. The van der Waals surface area contributed by atoms with Gasteiger partial charge in [0.1, 0.15) is 0 Å². The average molecular weight is 405 g/mol. The number of nitrogens with zero attached hydrogens (tertiary/aromatic N) is 1. The molecule has 3 heteroatoms. The molecule has 0 aliphatic carbocycles. The van der Waals surface area contributed by atoms with Crippen molar-refractivity contribution in [2.24, 2.45) is 0 Å². The Morgan fingerprint density at radius 2 is 1.29 bits per heavy atom. The Labute approximate surface area is 182 Å². The fraction of sp³-hybridized carbons (Fsp3) is 0.0714. The first-order chi connectivity index (χ1) is 15.1. The molecule has 0 aliphatic rings. The molecular formula is C28H23NO2. The first-order valence-corrected chi connectivity index (χ1v) is 10.2. The van der Waals surface area contributed by atoms with Gasteiger partial charge in [0.25, 0.3) is 0 Å². The van der Waals surface area contributed by atoms with Gasteiger partial charge in [-0.05, 0) is 64.1 Å². The summed E-state index contributed by atoms with van der Waals surface area (Å²) in [6, 6.07) is 29.9. The lowest BCUT2D eigenvalue weighted by Crippen LogP contribution is -2.02. The summed E-state index contributed by atoms with van der Waals surface area (Å²) in [4.78, 5) is 15.2. The molecule has 0 saturated carbocycles. The zero-order valence-electron chi connectivity index (χ0n) is 17.1. The molecule has 0 fully saturated rings. The highest BCUT2D eigenvalue weighted by Gasteiger charge is 2.16. The topological polar surface area (TPSA) is 50.2 Å². The van der Waals surface area contributed by atoms with Crippen LogP contribution in [0.1, 0.15) is 39.4 Å². The van der Waals surface area contributed by atoms with Gasteiger partial charge in [-0.1, -0.05) is 73.3 Å². The molecule has 1 atom stereocenters. The van der Waals surface area contributed by atoms with Gasteiger partial charge in [0.2, 0.25) is 0 Å². The van der Waals surface area contributed by atoms with Crippen LogP contribution >= 0.6 is 0 Å². The highest BCUT2D eigenvalue weighted by Crippen LogP contribution is 2.34. The molecular weight excluding hydrogens is 382 g/mol. The molecule has 4 rings (SSSR count). The van der Waals surface area contributed by atoms with Crippen molar-refractivity contribution < 1.29 is 9.90 Å². The Balaban J connectivity index is 1.62. The zero-order chi connectivity index (χ0) is 21.6. The lowest BCUT2D eigenvalue weighted by molar-refractivity contribution is 0.0697. The zero-order valence-corrected chi connectivity index (χ0v) is 17.1. The van der Waals surface area contributed by atoms with Crippen molar-refractivity contribution in [3.8, 4) is 11.1 Å². The molecule has 3 aromatic carbocycles. The summed E-state index contributed by atoms with van der Waals surface area (Å²) in [6.07, 6.45) is 4.39. The summed E-state index contributed by atoms with van der Waals surface area (Å²) in [5.74, 6) is -0.729. The summed E-state index contributed by atoms with van der Waals surface area (Å²) in [6.45, 7) is 4.33. The van der Waals surface area contributed by atoms with Crippen LogP contribution in [0.2, 0.25) is 0 Å². The Morgan fingerprint density at radius 3 is 1.87 bits per heavy atom. The minimum Gasteiger partial charge on any atom is -0.478 e. The van der Waals surface area contributed by atoms with E-state index in [0.29, 0.717) is 5.56 Å². The van der Waals surface area contributed by atoms with E-state index < -0.39 is 5.97 Å². The summed E-state index contributed by atoms with van der Waals surface area (Å²) in [7, 11) is 0. The quantitative estimate of drug-likeness (QED) is 0.373. The Bertz CT molecular complexity index is 1170. The molecule has 1 N–H and O–H groups in total. The number of carboxylic acid groups (broad SMARTS) is 1. The monoisotopic (exact) mass is 405 g/mol. The van der Waals surface area contributed by atoms with E-state index in [1.807, 2.05) is 30.3 Å². The smallest absolute Gasteiger partial charge is 0.335 e. The second-order valence-electron chi connectivity index (χ2n) is 7.51. The molecule has 31 heavy (non-hydrogen) atoms. The highest BCUT2D eigenvalue weighted by atomic mass is 16.4. The van der Waals surface area contributed by atoms with Crippen LogP contribution in [0, 0.1) is 0 Å². The van der Waals surface area contributed by atoms with E-state index in [-0.39, 0.29) is 5.92 Å². The molecule has 0 amide bonds. The molecule has 152 valence electrons. The number of hydrogen-bond donors (Lipinski definition) is 1. The number of pyridine rings is 1. The van der Waals surface area contributed by atoms with Gasteiger partial charge in [-0.2, -0.15) is 0 Å². The lowest BCUT2D eigenvalue weighted by atomic mass is 9.84. The predicted octanol–water partition coefficient (Wildman–Crippen LogP) is 6.68. The fourth-order valence-corrected chi connectivity index (χ4v) is 3.78. The van der Waals surface area contributed by atoms with Crippen LogP contribution in [0.3, 0.4) is 0 Å². The molecule has 0 spiro atoms. The molecule has 1 unspecified atom stereocenters. The minimum absolute atomic E-state index is 0.185. The first kappa shape index (κ1) is 20.3. The van der Waals surface area contributed by atoms with Gasteiger partial charge < -0.3 is 5.11 Å². The number of aromatic nitrogens is 1. The van der Waals surface area contributed by atoms with E-state index in [1.54, 1.807) is 24.5 Å². The van der Waals surface area contributed by atoms with Gasteiger partial charge in [0, 0.05) is 18.3 Å². The third-order valence-corrected chi connectivity index (χ3v) is 5.52. The van der Waals surface area contributed by atoms with E-state index in [0.717, 1.165) is 28.7 Å². The third kappa shape index (κ3) is 4.78. The maximum atomic E-state index is 11.1. The summed E-state index contributed by atoms with van der Waals surface area (Å²) >= 11 is 0. The third-order valence-electron chi connectivity index (χ3n) is 5.52. The van der Waals surface area contributed by atoms with E-state index in [9.17, 15) is 4.79 Å². The Hall–Kier alpha value is -3.98. The van der Waals surface area contributed by atoms with E-state index >= 15 is 0 Å². The Kier molecular flexibility index (Phi) is 6.04. The van der Waals surface area contributed by atoms with Gasteiger partial charge in [-0.25, -0.2) is 4.79 Å². The highest BCUT2D eigenvalue weighted by molar-refractivity contribution is 5.88. The van der Waals surface area contributed by atoms with Crippen molar-refractivity contribution >= 4 is 11.5 Å². The lowest BCUT2D eigenvalue weighted by Gasteiger charge is -2.20. The SMILES string of the molecule is C=C(CC(c1ccccc1)c1ccc(-c2ccc(C(=O)O)cc2)cc1)c1ccncc1. The maximum absolute atomic E-state index is 11.1. The van der Waals surface area contributed by atoms with E-state index in [1.165, 1.54) is 11.1 Å². The standard InChI is InChI=1S/C28H23NO2/c1-20(21-15-17-29-18-16-21)19-27(24-5-3-2-4-6-24)25-11-7-22(8-12-25)23-9-13-26(14-10-23)28(30)31/h2-18,27H,1,19H2,(H,30,31). The molecule has 0 aliphatic heterocycles. The Morgan fingerprint density at radius 1 is 0.742 bits per heavy atom. The molecule has 1 heterocycles. The van der Waals surface area contributed by atoms with Gasteiger partial charge in [-0.15, -0.1) is 0 Å². The predicted molar refractivity (Wildman–Crippen MR) is 125 cm³/mol. The van der Waals surface area contributed by atoms with Crippen LogP contribution in [-0.4, -0.2) is 16.1 Å². The van der Waals surface area contributed by atoms with E-state index in [4.69, 9.17) is 5.11 Å². The number of carbonyl (C=O) groups is 1. The molecule has 3 nitrogen and oxygen atoms in total. The van der Waals surface area contributed by atoms with Crippen molar-refractivity contribution in [3.63, 3.8) is 0 Å². The number of allylic oxidation sites excluding steroid dienone is 1. The molecule has 4 aromatic rings. The molecule has 0 radical (unpaired) electrons. The molecule has 0 bridgehead atoms. The minimum atomic E-state index is -0.915. The van der Waals surface area contributed by atoms with Crippen molar-refractivity contribution in [2.45, 2.75) is 12.3 Å². The number of aromatic carboxylic acids is 1. The van der Waals surface area contributed by atoms with Gasteiger partial charge in [0.15, 0.2) is 0 Å². The van der Waals surface area contributed by atoms with Crippen LogP contribution in [0.25, 0.3) is 16.7 Å². The van der Waals surface area contributed by atoms with Crippen LogP contribution in [0.4, 0.5) is 0 Å². The van der Waals surface area contributed by atoms with Crippen molar-refractivity contribution in [1.29, 1.82) is 0 Å². The van der Waals surface area contributed by atoms with E-state index in [2.05, 4.69) is 60.1 Å². The van der Waals surface area contributed by atoms with Gasteiger partial charge in [-0.3, -0.25) is 4.98 Å². The number of benzene rings is 3. The van der Waals surface area contributed by atoms with Crippen molar-refractivity contribution in [1.82, 2.24) is 4.98 Å². The average Bonchev–Trinajstić information content (AvgIpc) is 2.84. The second-order valence-corrected chi connectivity index (χ2v) is 7.51. The molecule has 0 saturated heterocycles. The normalized spacial score (nSPS) is 11.6. The van der Waals surface area contributed by atoms with Gasteiger partial charge >= 0.3 is 5.97 Å². The van der Waals surface area contributed by atoms with Crippen molar-refractivity contribution in [2.75, 3.05) is 0 Å². The van der Waals surface area contributed by atoms with Crippen LogP contribution < -0.4 is 0 Å². The van der Waals surface area contributed by atoms with Crippen molar-refractivity contribution in [3.05, 3.63) is 132 Å². The number of carboxylic acids is 1. The number of hydrogen-bond acceptors (Lipinski definition) is 2. The summed E-state index contributed by atoms with van der Waals surface area (Å²) in [5, 5.41) is 9.10. The molecule has 1 aromatic heterocycles. The van der Waals surface area contributed by atoms with Gasteiger partial charge in [0.05, 0.1) is 5.56 Å². The van der Waals surface area contributed by atoms with Crippen LogP contribution in [0.15, 0.2) is 110 Å². The second kappa shape index (κ2) is 9.23. The number of rotatable bonds is 7. The maximum Gasteiger partial charge on any atom is 0.335 e. The largest absolute Gasteiger partial charge is 0.478 e. The summed E-state index contributed by atoms with van der Waals surface area (Å²) in [5.41, 5.74) is 6.98.